The number of halogens is 1. The number of anilines is 1. The van der Waals surface area contributed by atoms with Crippen LogP contribution < -0.4 is 10.7 Å². The summed E-state index contributed by atoms with van der Waals surface area (Å²) in [5.74, 6) is -0.182. The van der Waals surface area contributed by atoms with Gasteiger partial charge in [-0.1, -0.05) is 28.1 Å². The van der Waals surface area contributed by atoms with E-state index in [9.17, 15) is 9.59 Å². The molecule has 0 saturated heterocycles. The summed E-state index contributed by atoms with van der Waals surface area (Å²) in [4.78, 5) is 25.6. The predicted molar refractivity (Wildman–Crippen MR) is 99.3 cm³/mol. The summed E-state index contributed by atoms with van der Waals surface area (Å²) in [6.07, 6.45) is 0.878. The molecule has 2 N–H and O–H groups in total. The standard InChI is InChI=1S/C19H14BrN3O3/c20-13-9-7-12(8-10-13)18(24)22-23-17(16-6-3-11-26-16)21-15-5-2-1-4-14(15)19(23)25/h1-11,17,21H,(H,22,24)/t17-/m1/s1. The van der Waals surface area contributed by atoms with Crippen molar-refractivity contribution in [3.8, 4) is 0 Å². The fraction of sp³-hybridized carbons (Fsp3) is 0.0526. The molecule has 26 heavy (non-hydrogen) atoms. The van der Waals surface area contributed by atoms with E-state index in [0.717, 1.165) is 4.47 Å². The first-order valence-electron chi connectivity index (χ1n) is 7.92. The maximum Gasteiger partial charge on any atom is 0.276 e. The Morgan fingerprint density at radius 1 is 1.08 bits per heavy atom. The SMILES string of the molecule is O=C(NN1C(=O)c2ccccc2N[C@H]1c1ccco1)c1ccc(Br)cc1. The topological polar surface area (TPSA) is 74.6 Å². The molecule has 2 amide bonds. The highest BCUT2D eigenvalue weighted by atomic mass is 79.9. The van der Waals surface area contributed by atoms with Crippen molar-refractivity contribution in [1.82, 2.24) is 10.4 Å². The molecule has 3 aromatic rings. The molecule has 2 aromatic carbocycles. The molecule has 0 radical (unpaired) electrons. The number of nitrogens with zero attached hydrogens (tertiary/aromatic N) is 1. The third kappa shape index (κ3) is 2.97. The second kappa shape index (κ2) is 6.68. The average Bonchev–Trinajstić information content (AvgIpc) is 3.19. The third-order valence-electron chi connectivity index (χ3n) is 4.07. The molecular weight excluding hydrogens is 398 g/mol. The lowest BCUT2D eigenvalue weighted by atomic mass is 10.1. The van der Waals surface area contributed by atoms with E-state index in [1.165, 1.54) is 11.3 Å². The van der Waals surface area contributed by atoms with Gasteiger partial charge in [-0.25, -0.2) is 5.01 Å². The minimum atomic E-state index is -0.646. The van der Waals surface area contributed by atoms with Gasteiger partial charge in [0.15, 0.2) is 6.17 Å². The van der Waals surface area contributed by atoms with Crippen LogP contribution in [0, 0.1) is 0 Å². The number of hydrazine groups is 1. The highest BCUT2D eigenvalue weighted by Crippen LogP contribution is 2.32. The van der Waals surface area contributed by atoms with E-state index in [-0.39, 0.29) is 11.8 Å². The van der Waals surface area contributed by atoms with Crippen molar-refractivity contribution >= 4 is 33.4 Å². The van der Waals surface area contributed by atoms with Gasteiger partial charge in [0, 0.05) is 15.7 Å². The van der Waals surface area contributed by atoms with Crippen molar-refractivity contribution in [1.29, 1.82) is 0 Å². The number of hydrogen-bond donors (Lipinski definition) is 2. The van der Waals surface area contributed by atoms with Crippen LogP contribution in [0.2, 0.25) is 0 Å². The van der Waals surface area contributed by atoms with Crippen molar-refractivity contribution in [2.24, 2.45) is 0 Å². The molecule has 2 heterocycles. The minimum absolute atomic E-state index is 0.314. The molecule has 0 bridgehead atoms. The lowest BCUT2D eigenvalue weighted by Gasteiger charge is -2.36. The van der Waals surface area contributed by atoms with Crippen LogP contribution in [0.1, 0.15) is 32.6 Å². The van der Waals surface area contributed by atoms with Crippen LogP contribution in [0.15, 0.2) is 75.8 Å². The monoisotopic (exact) mass is 411 g/mol. The van der Waals surface area contributed by atoms with Crippen molar-refractivity contribution < 1.29 is 14.0 Å². The van der Waals surface area contributed by atoms with Crippen LogP contribution in [-0.4, -0.2) is 16.8 Å². The van der Waals surface area contributed by atoms with Gasteiger partial charge in [0.25, 0.3) is 11.8 Å². The van der Waals surface area contributed by atoms with E-state index in [2.05, 4.69) is 26.7 Å². The molecule has 7 heteroatoms. The Labute approximate surface area is 157 Å². The summed E-state index contributed by atoms with van der Waals surface area (Å²) in [6.45, 7) is 0. The van der Waals surface area contributed by atoms with E-state index in [1.54, 1.807) is 48.5 Å². The molecule has 1 aliphatic heterocycles. The van der Waals surface area contributed by atoms with Crippen LogP contribution in [-0.2, 0) is 0 Å². The smallest absolute Gasteiger partial charge is 0.276 e. The Hall–Kier alpha value is -3.06. The van der Waals surface area contributed by atoms with Crippen molar-refractivity contribution in [2.45, 2.75) is 6.17 Å². The van der Waals surface area contributed by atoms with Crippen LogP contribution >= 0.6 is 15.9 Å². The maximum absolute atomic E-state index is 13.0. The summed E-state index contributed by atoms with van der Waals surface area (Å²) >= 11 is 3.34. The number of amides is 2. The number of fused-ring (bicyclic) bond motifs is 1. The number of benzene rings is 2. The largest absolute Gasteiger partial charge is 0.465 e. The number of carbonyl (C=O) groups is 2. The minimum Gasteiger partial charge on any atom is -0.465 e. The Morgan fingerprint density at radius 3 is 2.58 bits per heavy atom. The molecule has 0 aliphatic carbocycles. The summed E-state index contributed by atoms with van der Waals surface area (Å²) < 4.78 is 6.32. The normalized spacial score (nSPS) is 16.0. The molecule has 0 unspecified atom stereocenters. The fourth-order valence-corrected chi connectivity index (χ4v) is 3.05. The van der Waals surface area contributed by atoms with Gasteiger partial charge in [-0.05, 0) is 48.5 Å². The number of hydrogen-bond acceptors (Lipinski definition) is 4. The van der Waals surface area contributed by atoms with Gasteiger partial charge in [-0.3, -0.25) is 15.0 Å². The van der Waals surface area contributed by atoms with Crippen molar-refractivity contribution in [3.63, 3.8) is 0 Å². The van der Waals surface area contributed by atoms with Gasteiger partial charge in [0.2, 0.25) is 0 Å². The van der Waals surface area contributed by atoms with E-state index in [1.807, 2.05) is 12.1 Å². The zero-order valence-electron chi connectivity index (χ0n) is 13.5. The second-order valence-electron chi connectivity index (χ2n) is 5.73. The molecule has 0 spiro atoms. The highest BCUT2D eigenvalue weighted by molar-refractivity contribution is 9.10. The molecule has 130 valence electrons. The first-order chi connectivity index (χ1) is 12.6. The number of nitrogens with one attached hydrogen (secondary N) is 2. The first-order valence-corrected chi connectivity index (χ1v) is 8.72. The molecule has 1 aliphatic rings. The predicted octanol–water partition coefficient (Wildman–Crippen LogP) is 3.95. The lowest BCUT2D eigenvalue weighted by molar-refractivity contribution is 0.0467. The summed E-state index contributed by atoms with van der Waals surface area (Å²) in [5, 5.41) is 4.49. The van der Waals surface area contributed by atoms with E-state index >= 15 is 0 Å². The van der Waals surface area contributed by atoms with E-state index in [0.29, 0.717) is 22.6 Å². The molecular formula is C19H14BrN3O3. The quantitative estimate of drug-likeness (QED) is 0.683. The van der Waals surface area contributed by atoms with E-state index < -0.39 is 6.17 Å². The van der Waals surface area contributed by atoms with Gasteiger partial charge in [0.05, 0.1) is 11.8 Å². The third-order valence-corrected chi connectivity index (χ3v) is 4.60. The van der Waals surface area contributed by atoms with Crippen molar-refractivity contribution in [3.05, 3.63) is 88.3 Å². The van der Waals surface area contributed by atoms with Gasteiger partial charge >= 0.3 is 0 Å². The Morgan fingerprint density at radius 2 is 1.85 bits per heavy atom. The van der Waals surface area contributed by atoms with Crippen LogP contribution in [0.5, 0.6) is 0 Å². The molecule has 1 aromatic heterocycles. The molecule has 6 nitrogen and oxygen atoms in total. The number of carbonyl (C=O) groups excluding carboxylic acids is 2. The van der Waals surface area contributed by atoms with Gasteiger partial charge in [-0.15, -0.1) is 0 Å². The summed E-state index contributed by atoms with van der Waals surface area (Å²) in [7, 11) is 0. The zero-order valence-corrected chi connectivity index (χ0v) is 15.1. The molecule has 1 atom stereocenters. The Balaban J connectivity index is 1.68. The van der Waals surface area contributed by atoms with Gasteiger partial charge in [-0.2, -0.15) is 0 Å². The average molecular weight is 412 g/mol. The summed E-state index contributed by atoms with van der Waals surface area (Å²) in [6, 6.07) is 17.5. The molecule has 0 saturated carbocycles. The highest BCUT2D eigenvalue weighted by Gasteiger charge is 2.35. The second-order valence-corrected chi connectivity index (χ2v) is 6.65. The Bertz CT molecular complexity index is 954. The van der Waals surface area contributed by atoms with Crippen LogP contribution in [0.25, 0.3) is 0 Å². The van der Waals surface area contributed by atoms with E-state index in [4.69, 9.17) is 4.42 Å². The number of rotatable bonds is 3. The van der Waals surface area contributed by atoms with Crippen LogP contribution in [0.4, 0.5) is 5.69 Å². The number of furan rings is 1. The van der Waals surface area contributed by atoms with Gasteiger partial charge < -0.3 is 9.73 Å². The van der Waals surface area contributed by atoms with Crippen LogP contribution in [0.3, 0.4) is 0 Å². The van der Waals surface area contributed by atoms with Gasteiger partial charge in [0.1, 0.15) is 5.76 Å². The molecule has 4 rings (SSSR count). The number of para-hydroxylation sites is 1. The molecule has 0 fully saturated rings. The van der Waals surface area contributed by atoms with Crippen molar-refractivity contribution in [2.75, 3.05) is 5.32 Å². The Kier molecular flexibility index (Phi) is 4.22. The summed E-state index contributed by atoms with van der Waals surface area (Å²) in [5.41, 5.74) is 4.30. The zero-order chi connectivity index (χ0) is 18.1. The lowest BCUT2D eigenvalue weighted by Crippen LogP contribution is -2.52. The first kappa shape index (κ1) is 16.4. The maximum atomic E-state index is 13.0. The fourth-order valence-electron chi connectivity index (χ4n) is 2.79.